The highest BCUT2D eigenvalue weighted by atomic mass is 15.2. The van der Waals surface area contributed by atoms with E-state index in [4.69, 9.17) is 5.26 Å². The summed E-state index contributed by atoms with van der Waals surface area (Å²) < 4.78 is 0. The molecule has 2 fully saturated rings. The molecule has 2 aliphatic rings. The van der Waals surface area contributed by atoms with Crippen molar-refractivity contribution in [1.29, 1.82) is 5.26 Å². The van der Waals surface area contributed by atoms with Gasteiger partial charge in [-0.25, -0.2) is 0 Å². The van der Waals surface area contributed by atoms with E-state index < -0.39 is 0 Å². The monoisotopic (exact) mass is 150 g/mol. The summed E-state index contributed by atoms with van der Waals surface area (Å²) in [6.45, 7) is 6.79. The highest BCUT2D eigenvalue weighted by Gasteiger charge is 2.56. The van der Waals surface area contributed by atoms with Crippen LogP contribution in [0.4, 0.5) is 0 Å². The van der Waals surface area contributed by atoms with Crippen LogP contribution in [-0.2, 0) is 0 Å². The zero-order valence-corrected chi connectivity index (χ0v) is 7.12. The Kier molecular flexibility index (Phi) is 1.43. The smallest absolute Gasteiger partial charge is 0.0662 e. The maximum atomic E-state index is 8.67. The van der Waals surface area contributed by atoms with E-state index in [0.717, 1.165) is 11.8 Å². The van der Waals surface area contributed by atoms with Gasteiger partial charge < -0.3 is 4.90 Å². The van der Waals surface area contributed by atoms with Gasteiger partial charge in [-0.15, -0.1) is 0 Å². The largest absolute Gasteiger partial charge is 0.300 e. The van der Waals surface area contributed by atoms with Gasteiger partial charge in [0.1, 0.15) is 0 Å². The molecule has 11 heavy (non-hydrogen) atoms. The first-order valence-electron chi connectivity index (χ1n) is 4.37. The van der Waals surface area contributed by atoms with Crippen molar-refractivity contribution in [2.75, 3.05) is 13.1 Å². The van der Waals surface area contributed by atoms with Crippen LogP contribution in [0.2, 0.25) is 0 Å². The van der Waals surface area contributed by atoms with Crippen LogP contribution >= 0.6 is 0 Å². The van der Waals surface area contributed by atoms with Crippen molar-refractivity contribution in [1.82, 2.24) is 4.90 Å². The fourth-order valence-electron chi connectivity index (χ4n) is 2.17. The summed E-state index contributed by atoms with van der Waals surface area (Å²) in [6.07, 6.45) is 0. The van der Waals surface area contributed by atoms with Crippen LogP contribution in [0.1, 0.15) is 13.8 Å². The van der Waals surface area contributed by atoms with Gasteiger partial charge in [-0.2, -0.15) is 5.26 Å². The van der Waals surface area contributed by atoms with Gasteiger partial charge in [0.15, 0.2) is 0 Å². The second kappa shape index (κ2) is 2.22. The Morgan fingerprint density at radius 3 is 2.27 bits per heavy atom. The summed E-state index contributed by atoms with van der Waals surface area (Å²) in [5.74, 6) is 1.86. The molecule has 0 aromatic rings. The van der Waals surface area contributed by atoms with E-state index >= 15 is 0 Å². The third kappa shape index (κ3) is 0.954. The minimum Gasteiger partial charge on any atom is -0.300 e. The number of nitrogens with zero attached hydrogens (tertiary/aromatic N) is 2. The molecule has 2 nitrogen and oxygen atoms in total. The lowest BCUT2D eigenvalue weighted by Crippen LogP contribution is -2.31. The number of hydrogen-bond donors (Lipinski definition) is 0. The van der Waals surface area contributed by atoms with Gasteiger partial charge in [0, 0.05) is 19.1 Å². The summed E-state index contributed by atoms with van der Waals surface area (Å²) in [4.78, 5) is 2.48. The molecule has 0 aromatic heterocycles. The first-order chi connectivity index (χ1) is 5.24. The van der Waals surface area contributed by atoms with Crippen LogP contribution in [-0.4, -0.2) is 24.0 Å². The lowest BCUT2D eigenvalue weighted by Gasteiger charge is -2.22. The molecule has 0 radical (unpaired) electrons. The van der Waals surface area contributed by atoms with Gasteiger partial charge in [-0.1, -0.05) is 0 Å². The van der Waals surface area contributed by atoms with E-state index in [1.54, 1.807) is 0 Å². The Balaban J connectivity index is 1.91. The number of piperidine rings is 1. The van der Waals surface area contributed by atoms with Crippen molar-refractivity contribution in [3.63, 3.8) is 0 Å². The van der Waals surface area contributed by atoms with E-state index in [9.17, 15) is 0 Å². The molecule has 2 atom stereocenters. The average molecular weight is 150 g/mol. The zero-order valence-electron chi connectivity index (χ0n) is 7.12. The number of fused-ring (bicyclic) bond motifs is 1. The first kappa shape index (κ1) is 7.12. The Morgan fingerprint density at radius 1 is 1.36 bits per heavy atom. The predicted octanol–water partition coefficient (Wildman–Crippen LogP) is 1.10. The Bertz CT molecular complexity index is 192. The van der Waals surface area contributed by atoms with Gasteiger partial charge in [-0.3, -0.25) is 0 Å². The van der Waals surface area contributed by atoms with Crippen LogP contribution in [0.15, 0.2) is 0 Å². The molecule has 2 rings (SSSR count). The predicted molar refractivity (Wildman–Crippen MR) is 42.8 cm³/mol. The van der Waals surface area contributed by atoms with Crippen LogP contribution < -0.4 is 0 Å². The topological polar surface area (TPSA) is 27.0 Å². The first-order valence-corrected chi connectivity index (χ1v) is 4.37. The molecule has 0 N–H and O–H groups in total. The van der Waals surface area contributed by atoms with Crippen LogP contribution in [0.3, 0.4) is 0 Å². The van der Waals surface area contributed by atoms with Gasteiger partial charge in [0.05, 0.1) is 12.0 Å². The molecule has 1 aliphatic heterocycles. The minimum absolute atomic E-state index is 0.407. The molecule has 1 saturated carbocycles. The summed E-state index contributed by atoms with van der Waals surface area (Å²) >= 11 is 0. The van der Waals surface area contributed by atoms with Crippen LogP contribution in [0, 0.1) is 29.1 Å². The van der Waals surface area contributed by atoms with Crippen LogP contribution in [0.5, 0.6) is 0 Å². The van der Waals surface area contributed by atoms with Crippen molar-refractivity contribution in [2.24, 2.45) is 17.8 Å². The molecule has 2 unspecified atom stereocenters. The van der Waals surface area contributed by atoms with Crippen LogP contribution in [0.25, 0.3) is 0 Å². The third-order valence-corrected chi connectivity index (χ3v) is 3.10. The maximum Gasteiger partial charge on any atom is 0.0662 e. The molecule has 2 heteroatoms. The normalized spacial score (nSPS) is 42.2. The third-order valence-electron chi connectivity index (χ3n) is 3.10. The molecule has 1 heterocycles. The molecule has 1 saturated heterocycles. The fourth-order valence-corrected chi connectivity index (χ4v) is 2.17. The van der Waals surface area contributed by atoms with Gasteiger partial charge in [-0.05, 0) is 25.7 Å². The summed E-state index contributed by atoms with van der Waals surface area (Å²) in [6, 6.07) is 3.04. The summed E-state index contributed by atoms with van der Waals surface area (Å²) in [7, 11) is 0. The highest BCUT2D eigenvalue weighted by Crippen LogP contribution is 2.51. The van der Waals surface area contributed by atoms with Crippen molar-refractivity contribution in [3.8, 4) is 6.07 Å². The Morgan fingerprint density at radius 2 is 1.91 bits per heavy atom. The Hall–Kier alpha value is -0.550. The van der Waals surface area contributed by atoms with Gasteiger partial charge >= 0.3 is 0 Å². The zero-order chi connectivity index (χ0) is 8.01. The minimum atomic E-state index is 0.407. The van der Waals surface area contributed by atoms with Crippen molar-refractivity contribution in [2.45, 2.75) is 19.9 Å². The quantitative estimate of drug-likeness (QED) is 0.559. The van der Waals surface area contributed by atoms with E-state index in [-0.39, 0.29) is 0 Å². The number of hydrogen-bond acceptors (Lipinski definition) is 2. The second-order valence-corrected chi connectivity index (χ2v) is 4.03. The molecule has 0 amide bonds. The standard InChI is InChI=1S/C9H14N2/c1-6(2)11-4-8-7(3-10)9(8)5-11/h6-9H,4-5H2,1-2H3. The molecule has 0 bridgehead atoms. The maximum absolute atomic E-state index is 8.67. The molecule has 0 aromatic carbocycles. The molecule has 1 aliphatic carbocycles. The lowest BCUT2D eigenvalue weighted by atomic mass is 10.2. The second-order valence-electron chi connectivity index (χ2n) is 4.03. The van der Waals surface area contributed by atoms with Crippen molar-refractivity contribution < 1.29 is 0 Å². The van der Waals surface area contributed by atoms with E-state index in [1.165, 1.54) is 13.1 Å². The summed E-state index contributed by atoms with van der Waals surface area (Å²) in [5.41, 5.74) is 0. The number of rotatable bonds is 1. The molecule has 60 valence electrons. The summed E-state index contributed by atoms with van der Waals surface area (Å²) in [5, 5.41) is 8.67. The number of likely N-dealkylation sites (tertiary alicyclic amines) is 1. The Labute approximate surface area is 67.8 Å². The van der Waals surface area contributed by atoms with E-state index in [1.807, 2.05) is 0 Å². The molecule has 0 spiro atoms. The lowest BCUT2D eigenvalue weighted by molar-refractivity contribution is 0.241. The molecular formula is C9H14N2. The van der Waals surface area contributed by atoms with Gasteiger partial charge in [0.25, 0.3) is 0 Å². The average Bonchev–Trinajstić information content (AvgIpc) is 2.41. The SMILES string of the molecule is CC(C)N1CC2C(C#N)C2C1. The van der Waals surface area contributed by atoms with Crippen molar-refractivity contribution >= 4 is 0 Å². The number of nitriles is 1. The van der Waals surface area contributed by atoms with Crippen molar-refractivity contribution in [3.05, 3.63) is 0 Å². The van der Waals surface area contributed by atoms with E-state index in [2.05, 4.69) is 24.8 Å². The fraction of sp³-hybridized carbons (Fsp3) is 0.889. The van der Waals surface area contributed by atoms with Gasteiger partial charge in [0.2, 0.25) is 0 Å². The van der Waals surface area contributed by atoms with E-state index in [0.29, 0.717) is 12.0 Å². The molecular weight excluding hydrogens is 136 g/mol. The highest BCUT2D eigenvalue weighted by molar-refractivity contribution is 5.14.